The van der Waals surface area contributed by atoms with Gasteiger partial charge in [-0.2, -0.15) is 0 Å². The van der Waals surface area contributed by atoms with Crippen LogP contribution in [-0.2, 0) is 0 Å². The first-order chi connectivity index (χ1) is 25.6. The monoisotopic (exact) mass is 670 g/mol. The van der Waals surface area contributed by atoms with E-state index in [0.717, 1.165) is 50.8 Å². The molecule has 0 atom stereocenters. The smallest absolute Gasteiger partial charge is 0.150 e. The summed E-state index contributed by atoms with van der Waals surface area (Å²) in [5.74, 6) is 1.30. The SMILES string of the molecule is O=Cc1cc(/C=C/c2cc(/C=C/C3C=CC=C3)cc(/C=C/C3C=CC=C3)c2)cc(/C=C/c2cc(/C=C/C3C=CC=C3)cc(/C=C/C3C=CC=C3)c2)c1. The van der Waals surface area contributed by atoms with Gasteiger partial charge in [-0.1, -0.05) is 170 Å². The molecule has 0 amide bonds. The molecule has 252 valence electrons. The van der Waals surface area contributed by atoms with E-state index in [2.05, 4.69) is 213 Å². The molecule has 0 aliphatic heterocycles. The lowest BCUT2D eigenvalue weighted by molar-refractivity contribution is 0.112. The largest absolute Gasteiger partial charge is 0.298 e. The van der Waals surface area contributed by atoms with E-state index in [9.17, 15) is 4.79 Å². The molecule has 0 radical (unpaired) electrons. The lowest BCUT2D eigenvalue weighted by atomic mass is 9.99. The molecule has 0 saturated carbocycles. The van der Waals surface area contributed by atoms with E-state index in [1.807, 2.05) is 12.1 Å². The van der Waals surface area contributed by atoms with Crippen LogP contribution in [0, 0.1) is 23.7 Å². The lowest BCUT2D eigenvalue weighted by Gasteiger charge is -2.06. The molecule has 0 bridgehead atoms. The summed E-state index contributed by atoms with van der Waals surface area (Å²) >= 11 is 0. The number of hydrogen-bond donors (Lipinski definition) is 0. The summed E-state index contributed by atoms with van der Waals surface area (Å²) < 4.78 is 0. The molecule has 1 nitrogen and oxygen atoms in total. The van der Waals surface area contributed by atoms with Crippen molar-refractivity contribution in [3.05, 3.63) is 226 Å². The van der Waals surface area contributed by atoms with Gasteiger partial charge in [-0.25, -0.2) is 0 Å². The minimum absolute atomic E-state index is 0.324. The Labute approximate surface area is 308 Å². The summed E-state index contributed by atoms with van der Waals surface area (Å²) in [6, 6.07) is 19.3. The Balaban J connectivity index is 1.14. The van der Waals surface area contributed by atoms with Crippen molar-refractivity contribution in [1.29, 1.82) is 0 Å². The molecule has 0 heterocycles. The van der Waals surface area contributed by atoms with Crippen molar-refractivity contribution in [2.24, 2.45) is 23.7 Å². The van der Waals surface area contributed by atoms with Gasteiger partial charge in [-0.05, 0) is 99.1 Å². The van der Waals surface area contributed by atoms with E-state index < -0.39 is 0 Å². The minimum Gasteiger partial charge on any atom is -0.298 e. The molecular weight excluding hydrogens is 629 g/mol. The quantitative estimate of drug-likeness (QED) is 0.131. The van der Waals surface area contributed by atoms with E-state index in [1.165, 1.54) is 0 Å². The van der Waals surface area contributed by atoms with Gasteiger partial charge in [0.15, 0.2) is 0 Å². The number of carbonyl (C=O) groups excluding carboxylic acids is 1. The van der Waals surface area contributed by atoms with Gasteiger partial charge in [0.1, 0.15) is 6.29 Å². The van der Waals surface area contributed by atoms with E-state index in [-0.39, 0.29) is 0 Å². The fraction of sp³-hybridized carbons (Fsp3) is 0.0784. The van der Waals surface area contributed by atoms with Crippen LogP contribution in [0.3, 0.4) is 0 Å². The molecule has 4 aliphatic rings. The number of hydrogen-bond acceptors (Lipinski definition) is 1. The van der Waals surface area contributed by atoms with E-state index in [1.54, 1.807) is 0 Å². The third-order valence-corrected chi connectivity index (χ3v) is 9.23. The Morgan fingerprint density at radius 1 is 0.269 bits per heavy atom. The molecule has 3 aromatic carbocycles. The predicted octanol–water partition coefficient (Wildman–Crippen LogP) is 12.9. The molecule has 0 fully saturated rings. The number of rotatable bonds is 13. The second-order valence-corrected chi connectivity index (χ2v) is 13.4. The van der Waals surface area contributed by atoms with Crippen molar-refractivity contribution in [3.63, 3.8) is 0 Å². The van der Waals surface area contributed by atoms with Crippen LogP contribution in [0.1, 0.15) is 54.9 Å². The third kappa shape index (κ3) is 9.90. The summed E-state index contributed by atoms with van der Waals surface area (Å²) in [4.78, 5) is 12.0. The Morgan fingerprint density at radius 2 is 0.462 bits per heavy atom. The van der Waals surface area contributed by atoms with Gasteiger partial charge < -0.3 is 0 Å². The zero-order valence-electron chi connectivity index (χ0n) is 29.2. The van der Waals surface area contributed by atoms with Crippen LogP contribution in [0.25, 0.3) is 48.6 Å². The van der Waals surface area contributed by atoms with E-state index in [0.29, 0.717) is 29.2 Å². The zero-order chi connectivity index (χ0) is 35.4. The fourth-order valence-electron chi connectivity index (χ4n) is 6.53. The fourth-order valence-corrected chi connectivity index (χ4v) is 6.53. The number of carbonyl (C=O) groups is 1. The Hall–Kier alpha value is -6.31. The van der Waals surface area contributed by atoms with Crippen LogP contribution in [0.5, 0.6) is 0 Å². The van der Waals surface area contributed by atoms with Gasteiger partial charge in [0.2, 0.25) is 0 Å². The van der Waals surface area contributed by atoms with Gasteiger partial charge >= 0.3 is 0 Å². The van der Waals surface area contributed by atoms with Gasteiger partial charge in [0, 0.05) is 29.2 Å². The molecule has 0 saturated heterocycles. The molecule has 1 heteroatoms. The van der Waals surface area contributed by atoms with Crippen LogP contribution in [-0.4, -0.2) is 6.29 Å². The predicted molar refractivity (Wildman–Crippen MR) is 226 cm³/mol. The van der Waals surface area contributed by atoms with Crippen molar-refractivity contribution in [2.75, 3.05) is 0 Å². The first-order valence-corrected chi connectivity index (χ1v) is 18.0. The maximum Gasteiger partial charge on any atom is 0.150 e. The molecule has 3 aromatic rings. The first kappa shape index (κ1) is 34.2. The van der Waals surface area contributed by atoms with Crippen LogP contribution in [0.2, 0.25) is 0 Å². The van der Waals surface area contributed by atoms with Crippen molar-refractivity contribution in [2.45, 2.75) is 0 Å². The minimum atomic E-state index is 0.324. The molecule has 7 rings (SSSR count). The lowest BCUT2D eigenvalue weighted by Crippen LogP contribution is -1.87. The van der Waals surface area contributed by atoms with Crippen LogP contribution in [0.15, 0.2) is 176 Å². The molecule has 0 aromatic heterocycles. The number of benzene rings is 3. The van der Waals surface area contributed by atoms with Crippen LogP contribution < -0.4 is 0 Å². The average molecular weight is 671 g/mol. The molecule has 0 N–H and O–H groups in total. The summed E-state index contributed by atoms with van der Waals surface area (Å²) in [6.45, 7) is 0. The maximum absolute atomic E-state index is 12.0. The number of aldehydes is 1. The van der Waals surface area contributed by atoms with Crippen LogP contribution in [0.4, 0.5) is 0 Å². The molecule has 52 heavy (non-hydrogen) atoms. The highest BCUT2D eigenvalue weighted by Gasteiger charge is 2.05. The van der Waals surface area contributed by atoms with Crippen molar-refractivity contribution >= 4 is 54.9 Å². The highest BCUT2D eigenvalue weighted by atomic mass is 16.1. The summed E-state index contributed by atoms with van der Waals surface area (Å²) in [6.07, 6.45) is 61.3. The van der Waals surface area contributed by atoms with Gasteiger partial charge in [-0.15, -0.1) is 0 Å². The topological polar surface area (TPSA) is 17.1 Å². The van der Waals surface area contributed by atoms with Gasteiger partial charge in [0.05, 0.1) is 0 Å². The van der Waals surface area contributed by atoms with Gasteiger partial charge in [-0.3, -0.25) is 4.79 Å². The average Bonchev–Trinajstić information content (AvgIpc) is 4.02. The molecule has 4 aliphatic carbocycles. The maximum atomic E-state index is 12.0. The first-order valence-electron chi connectivity index (χ1n) is 18.0. The second-order valence-electron chi connectivity index (χ2n) is 13.4. The van der Waals surface area contributed by atoms with E-state index in [4.69, 9.17) is 0 Å². The highest BCUT2D eigenvalue weighted by molar-refractivity contribution is 5.83. The highest BCUT2D eigenvalue weighted by Crippen LogP contribution is 2.23. The molecule has 0 spiro atoms. The summed E-state index contributed by atoms with van der Waals surface area (Å²) in [5, 5.41) is 0. The standard InChI is InChI=1S/C51H42O/c52-38-51-36-49(27-25-47-31-43(21-17-39-9-1-2-10-39)29-44(32-47)22-18-40-11-3-4-12-40)35-50(37-51)28-26-48-33-45(23-19-41-13-5-6-14-41)30-46(34-48)24-20-42-15-7-8-16-42/h1-42H/b21-17+,22-18+,23-19+,24-20+,27-25+,28-26+. The van der Waals surface area contributed by atoms with Crippen molar-refractivity contribution in [1.82, 2.24) is 0 Å². The normalized spacial score (nSPS) is 17.5. The second kappa shape index (κ2) is 17.1. The summed E-state index contributed by atoms with van der Waals surface area (Å²) in [5.41, 5.74) is 9.39. The number of allylic oxidation sites excluding steroid dienone is 20. The summed E-state index contributed by atoms with van der Waals surface area (Å²) in [7, 11) is 0. The molecule has 0 unspecified atom stereocenters. The van der Waals surface area contributed by atoms with E-state index >= 15 is 0 Å². The Bertz CT molecular complexity index is 1910. The van der Waals surface area contributed by atoms with Gasteiger partial charge in [0.25, 0.3) is 0 Å². The van der Waals surface area contributed by atoms with Crippen LogP contribution >= 0.6 is 0 Å². The molecular formula is C51H42O. The zero-order valence-corrected chi connectivity index (χ0v) is 29.2. The third-order valence-electron chi connectivity index (χ3n) is 9.23. The van der Waals surface area contributed by atoms with Crippen molar-refractivity contribution < 1.29 is 4.79 Å². The Morgan fingerprint density at radius 3 is 0.673 bits per heavy atom. The van der Waals surface area contributed by atoms with Crippen molar-refractivity contribution in [3.8, 4) is 0 Å². The Kier molecular flexibility index (Phi) is 11.2.